The Labute approximate surface area is 124 Å². The molecule has 2 nitrogen and oxygen atoms in total. The fourth-order valence-corrected chi connectivity index (χ4v) is 2.55. The molecule has 0 spiro atoms. The quantitative estimate of drug-likeness (QED) is 0.814. The number of hydrogen-bond acceptors (Lipinski definition) is 2. The Morgan fingerprint density at radius 3 is 2.22 bits per heavy atom. The number of hydrogen-bond donors (Lipinski definition) is 1. The molecule has 2 N–H and O–H groups in total. The lowest BCUT2D eigenvalue weighted by Gasteiger charge is -2.35. The van der Waals surface area contributed by atoms with Crippen LogP contribution in [0.5, 0.6) is 0 Å². The van der Waals surface area contributed by atoms with Gasteiger partial charge in [-0.25, -0.2) is 0 Å². The van der Waals surface area contributed by atoms with Crippen LogP contribution in [0, 0.1) is 8.99 Å². The van der Waals surface area contributed by atoms with E-state index < -0.39 is 0 Å². The maximum Gasteiger partial charge on any atom is 0.0777 e. The van der Waals surface area contributed by atoms with Crippen LogP contribution < -0.4 is 5.73 Å². The second-order valence-electron chi connectivity index (χ2n) is 5.74. The monoisotopic (exact) mass is 361 g/mol. The highest BCUT2D eigenvalue weighted by atomic mass is 127. The highest BCUT2D eigenvalue weighted by Crippen LogP contribution is 2.25. The molecule has 0 aliphatic heterocycles. The summed E-state index contributed by atoms with van der Waals surface area (Å²) < 4.78 is 7.09. The first-order valence-electron chi connectivity index (χ1n) is 6.46. The maximum atomic E-state index is 6.33. The van der Waals surface area contributed by atoms with Gasteiger partial charge in [0.1, 0.15) is 0 Å². The van der Waals surface area contributed by atoms with Crippen LogP contribution in [-0.2, 0) is 11.2 Å². The van der Waals surface area contributed by atoms with E-state index in [0.29, 0.717) is 6.61 Å². The van der Waals surface area contributed by atoms with Crippen molar-refractivity contribution in [2.75, 3.05) is 6.61 Å². The van der Waals surface area contributed by atoms with Gasteiger partial charge in [0, 0.05) is 16.2 Å². The van der Waals surface area contributed by atoms with Crippen molar-refractivity contribution in [1.29, 1.82) is 0 Å². The fraction of sp³-hybridized carbons (Fsp3) is 0.600. The molecule has 0 saturated carbocycles. The van der Waals surface area contributed by atoms with Crippen molar-refractivity contribution >= 4 is 22.6 Å². The van der Waals surface area contributed by atoms with Gasteiger partial charge in [-0.15, -0.1) is 0 Å². The highest BCUT2D eigenvalue weighted by Gasteiger charge is 2.30. The normalized spacial score (nSPS) is 15.4. The van der Waals surface area contributed by atoms with E-state index in [1.165, 1.54) is 9.13 Å². The molecule has 2 unspecified atom stereocenters. The van der Waals surface area contributed by atoms with Crippen molar-refractivity contribution in [3.8, 4) is 0 Å². The molecule has 0 amide bonds. The van der Waals surface area contributed by atoms with Gasteiger partial charge in [0.05, 0.1) is 6.10 Å². The van der Waals surface area contributed by atoms with Gasteiger partial charge in [-0.3, -0.25) is 0 Å². The summed E-state index contributed by atoms with van der Waals surface area (Å²) >= 11 is 2.31. The Bertz CT molecular complexity index is 356. The Hall–Kier alpha value is -0.130. The lowest BCUT2D eigenvalue weighted by Crippen LogP contribution is -2.46. The molecule has 3 heteroatoms. The zero-order valence-corrected chi connectivity index (χ0v) is 13.9. The first kappa shape index (κ1) is 15.9. The highest BCUT2D eigenvalue weighted by molar-refractivity contribution is 14.1. The zero-order chi connectivity index (χ0) is 13.8. The molecular formula is C15H24INO. The maximum absolute atomic E-state index is 6.33. The van der Waals surface area contributed by atoms with Crippen molar-refractivity contribution in [1.82, 2.24) is 0 Å². The minimum Gasteiger partial charge on any atom is -0.376 e. The standard InChI is InChI=1S/C15H24INO/c1-5-18-14(15(2,3)4)13(17)10-11-6-8-12(16)9-7-11/h6-9,13-14H,5,10,17H2,1-4H3. The molecule has 1 aromatic rings. The Morgan fingerprint density at radius 1 is 1.22 bits per heavy atom. The van der Waals surface area contributed by atoms with Gasteiger partial charge < -0.3 is 10.5 Å². The topological polar surface area (TPSA) is 35.2 Å². The molecule has 0 heterocycles. The van der Waals surface area contributed by atoms with E-state index in [-0.39, 0.29) is 17.6 Å². The summed E-state index contributed by atoms with van der Waals surface area (Å²) in [6.45, 7) is 9.28. The van der Waals surface area contributed by atoms with Crippen molar-refractivity contribution in [2.24, 2.45) is 11.1 Å². The number of ether oxygens (including phenoxy) is 1. The Morgan fingerprint density at radius 2 is 1.78 bits per heavy atom. The molecular weight excluding hydrogens is 337 g/mol. The van der Waals surface area contributed by atoms with Crippen LogP contribution >= 0.6 is 22.6 Å². The van der Waals surface area contributed by atoms with E-state index in [4.69, 9.17) is 10.5 Å². The minimum absolute atomic E-state index is 0.0324. The average Bonchev–Trinajstić information content (AvgIpc) is 2.27. The lowest BCUT2D eigenvalue weighted by atomic mass is 9.83. The van der Waals surface area contributed by atoms with Gasteiger partial charge >= 0.3 is 0 Å². The van der Waals surface area contributed by atoms with Gasteiger partial charge in [-0.1, -0.05) is 32.9 Å². The van der Waals surface area contributed by atoms with Gasteiger partial charge in [0.25, 0.3) is 0 Å². The van der Waals surface area contributed by atoms with Gasteiger partial charge in [0.2, 0.25) is 0 Å². The summed E-state index contributed by atoms with van der Waals surface area (Å²) in [7, 11) is 0. The fourth-order valence-electron chi connectivity index (χ4n) is 2.20. The van der Waals surface area contributed by atoms with Crippen LogP contribution in [0.15, 0.2) is 24.3 Å². The van der Waals surface area contributed by atoms with E-state index >= 15 is 0 Å². The summed E-state index contributed by atoms with van der Waals surface area (Å²) in [4.78, 5) is 0. The molecule has 0 radical (unpaired) electrons. The third-order valence-electron chi connectivity index (χ3n) is 2.97. The van der Waals surface area contributed by atoms with Crippen LogP contribution in [0.2, 0.25) is 0 Å². The molecule has 18 heavy (non-hydrogen) atoms. The second-order valence-corrected chi connectivity index (χ2v) is 6.98. The third kappa shape index (κ3) is 4.86. The van der Waals surface area contributed by atoms with Crippen LogP contribution in [0.25, 0.3) is 0 Å². The first-order chi connectivity index (χ1) is 8.34. The summed E-state index contributed by atoms with van der Waals surface area (Å²) in [6, 6.07) is 8.57. The molecule has 1 rings (SSSR count). The van der Waals surface area contributed by atoms with Crippen molar-refractivity contribution in [2.45, 2.75) is 46.3 Å². The predicted octanol–water partition coefficient (Wildman–Crippen LogP) is 3.61. The second kappa shape index (κ2) is 6.87. The molecule has 0 fully saturated rings. The van der Waals surface area contributed by atoms with E-state index in [2.05, 4.69) is 67.6 Å². The smallest absolute Gasteiger partial charge is 0.0777 e. The zero-order valence-electron chi connectivity index (χ0n) is 11.7. The molecule has 102 valence electrons. The Balaban J connectivity index is 2.72. The molecule has 0 aliphatic carbocycles. The van der Waals surface area contributed by atoms with Crippen molar-refractivity contribution in [3.63, 3.8) is 0 Å². The molecule has 2 atom stereocenters. The van der Waals surface area contributed by atoms with E-state index in [1.54, 1.807) is 0 Å². The molecule has 0 aromatic heterocycles. The number of benzene rings is 1. The number of halogens is 1. The summed E-state index contributed by atoms with van der Waals surface area (Å²) in [5.41, 5.74) is 7.68. The van der Waals surface area contributed by atoms with E-state index in [1.807, 2.05) is 6.92 Å². The van der Waals surface area contributed by atoms with E-state index in [0.717, 1.165) is 6.42 Å². The van der Waals surface area contributed by atoms with Crippen molar-refractivity contribution < 1.29 is 4.74 Å². The molecule has 0 aliphatic rings. The van der Waals surface area contributed by atoms with Gasteiger partial charge in [-0.05, 0) is 59.0 Å². The van der Waals surface area contributed by atoms with Crippen LogP contribution in [-0.4, -0.2) is 18.8 Å². The first-order valence-corrected chi connectivity index (χ1v) is 7.54. The number of rotatable bonds is 5. The molecule has 0 saturated heterocycles. The predicted molar refractivity (Wildman–Crippen MR) is 85.7 cm³/mol. The average molecular weight is 361 g/mol. The van der Waals surface area contributed by atoms with Gasteiger partial charge in [0.15, 0.2) is 0 Å². The molecule has 0 bridgehead atoms. The lowest BCUT2D eigenvalue weighted by molar-refractivity contribution is -0.0274. The minimum atomic E-state index is 0.0324. The summed E-state index contributed by atoms with van der Waals surface area (Å²) in [6.07, 6.45) is 0.945. The summed E-state index contributed by atoms with van der Waals surface area (Å²) in [5, 5.41) is 0. The molecule has 1 aromatic carbocycles. The SMILES string of the molecule is CCOC(C(N)Cc1ccc(I)cc1)C(C)(C)C. The Kier molecular flexibility index (Phi) is 6.08. The van der Waals surface area contributed by atoms with Gasteiger partial charge in [-0.2, -0.15) is 0 Å². The third-order valence-corrected chi connectivity index (χ3v) is 3.69. The van der Waals surface area contributed by atoms with Crippen molar-refractivity contribution in [3.05, 3.63) is 33.4 Å². The summed E-state index contributed by atoms with van der Waals surface area (Å²) in [5.74, 6) is 0. The largest absolute Gasteiger partial charge is 0.376 e. The van der Waals surface area contributed by atoms with Crippen LogP contribution in [0.1, 0.15) is 33.3 Å². The number of nitrogens with two attached hydrogens (primary N) is 1. The van der Waals surface area contributed by atoms with Crippen LogP contribution in [0.4, 0.5) is 0 Å². The van der Waals surface area contributed by atoms with E-state index in [9.17, 15) is 0 Å². The van der Waals surface area contributed by atoms with Crippen LogP contribution in [0.3, 0.4) is 0 Å².